The first-order valence-corrected chi connectivity index (χ1v) is 15.4. The summed E-state index contributed by atoms with van der Waals surface area (Å²) in [6.45, 7) is 0. The smallest absolute Gasteiger partial charge is 0.175 e. The molecule has 0 aliphatic heterocycles. The first-order chi connectivity index (χ1) is 17.6. The molecular weight excluding hydrogens is 508 g/mol. The summed E-state index contributed by atoms with van der Waals surface area (Å²) in [4.78, 5) is 7.02. The van der Waals surface area contributed by atoms with Gasteiger partial charge < -0.3 is 14.4 Å². The summed E-state index contributed by atoms with van der Waals surface area (Å²) >= 11 is 0. The molecular formula is C28H26N2O5S2. The van der Waals surface area contributed by atoms with E-state index in [4.69, 9.17) is 4.42 Å². The number of nitrogens with one attached hydrogen (secondary N) is 2. The van der Waals surface area contributed by atoms with E-state index in [1.165, 1.54) is 12.5 Å². The molecule has 0 radical (unpaired) electrons. The maximum absolute atomic E-state index is 12.0. The van der Waals surface area contributed by atoms with Gasteiger partial charge in [-0.05, 0) is 71.8 Å². The third-order valence-corrected chi connectivity index (χ3v) is 8.62. The minimum atomic E-state index is -3.31. The minimum Gasteiger partial charge on any atom is -0.464 e. The Balaban J connectivity index is 1.57. The topological polar surface area (TPSA) is 113 Å². The minimum absolute atomic E-state index is 0.256. The van der Waals surface area contributed by atoms with Crippen LogP contribution in [0.5, 0.6) is 0 Å². The van der Waals surface area contributed by atoms with Crippen molar-refractivity contribution in [3.63, 3.8) is 0 Å². The second-order valence-electron chi connectivity index (χ2n) is 9.04. The van der Waals surface area contributed by atoms with Crippen molar-refractivity contribution >= 4 is 19.7 Å². The molecule has 0 fully saturated rings. The molecule has 5 aromatic rings. The lowest BCUT2D eigenvalue weighted by atomic mass is 9.93. The lowest BCUT2D eigenvalue weighted by Crippen LogP contribution is -2.05. The molecule has 0 saturated heterocycles. The molecule has 9 heteroatoms. The third-order valence-electron chi connectivity index (χ3n) is 6.37. The van der Waals surface area contributed by atoms with Crippen LogP contribution in [0.2, 0.25) is 0 Å². The van der Waals surface area contributed by atoms with Crippen molar-refractivity contribution in [2.45, 2.75) is 21.6 Å². The number of hydrogen-bond acceptors (Lipinski definition) is 5. The van der Waals surface area contributed by atoms with Crippen molar-refractivity contribution in [1.82, 2.24) is 9.97 Å². The summed E-state index contributed by atoms with van der Waals surface area (Å²) in [6, 6.07) is 25.2. The number of sulfone groups is 2. The molecule has 2 N–H and O–H groups in total. The van der Waals surface area contributed by atoms with Crippen LogP contribution < -0.4 is 0 Å². The fourth-order valence-corrected chi connectivity index (χ4v) is 5.80. The standard InChI is InChI=1S/C28H26N2O5S2/c1-36(31,32)21-11-7-19(8-12-21)27(23-5-3-17-29-23)25-15-16-26(35-25)28(24-6-4-18-30-24)20-9-13-22(14-10-20)37(2,33)34/h3-18,27-30H,1-2H3. The van der Waals surface area contributed by atoms with Gasteiger partial charge in [-0.1, -0.05) is 24.3 Å². The summed E-state index contributed by atoms with van der Waals surface area (Å²) in [5.74, 6) is 0.811. The maximum atomic E-state index is 12.0. The number of furan rings is 1. The van der Waals surface area contributed by atoms with Crippen molar-refractivity contribution in [3.8, 4) is 0 Å². The summed E-state index contributed by atoms with van der Waals surface area (Å²) in [5.41, 5.74) is 3.57. The molecule has 2 unspecified atom stereocenters. The summed E-state index contributed by atoms with van der Waals surface area (Å²) in [6.07, 6.45) is 6.04. The molecule has 3 aromatic heterocycles. The molecule has 3 heterocycles. The number of hydrogen-bond donors (Lipinski definition) is 2. The van der Waals surface area contributed by atoms with Gasteiger partial charge in [0, 0.05) is 36.3 Å². The highest BCUT2D eigenvalue weighted by molar-refractivity contribution is 7.91. The molecule has 190 valence electrons. The molecule has 5 rings (SSSR count). The fourth-order valence-electron chi connectivity index (χ4n) is 4.54. The third kappa shape index (κ3) is 5.19. The fraction of sp³-hybridized carbons (Fsp3) is 0.143. The van der Waals surface area contributed by atoms with Crippen LogP contribution in [0.4, 0.5) is 0 Å². The van der Waals surface area contributed by atoms with Crippen molar-refractivity contribution in [1.29, 1.82) is 0 Å². The highest BCUT2D eigenvalue weighted by Gasteiger charge is 2.26. The highest BCUT2D eigenvalue weighted by Crippen LogP contribution is 2.38. The monoisotopic (exact) mass is 534 g/mol. The Bertz CT molecular complexity index is 1570. The lowest BCUT2D eigenvalue weighted by Gasteiger charge is -2.17. The predicted molar refractivity (Wildman–Crippen MR) is 141 cm³/mol. The quantitative estimate of drug-likeness (QED) is 0.287. The molecule has 0 spiro atoms. The van der Waals surface area contributed by atoms with Crippen molar-refractivity contribution in [2.24, 2.45) is 0 Å². The van der Waals surface area contributed by atoms with E-state index in [2.05, 4.69) is 9.97 Å². The van der Waals surface area contributed by atoms with Gasteiger partial charge in [-0.15, -0.1) is 0 Å². The van der Waals surface area contributed by atoms with Crippen LogP contribution in [0, 0.1) is 0 Å². The molecule has 0 amide bonds. The van der Waals surface area contributed by atoms with Crippen LogP contribution in [0.25, 0.3) is 0 Å². The lowest BCUT2D eigenvalue weighted by molar-refractivity contribution is 0.452. The summed E-state index contributed by atoms with van der Waals surface area (Å²) in [7, 11) is -6.62. The van der Waals surface area contributed by atoms with E-state index in [0.29, 0.717) is 11.5 Å². The average Bonchev–Trinajstić information content (AvgIpc) is 3.64. The molecule has 0 saturated carbocycles. The van der Waals surface area contributed by atoms with Crippen LogP contribution in [0.3, 0.4) is 0 Å². The van der Waals surface area contributed by atoms with Crippen molar-refractivity contribution in [3.05, 3.63) is 131 Å². The number of aromatic amines is 2. The van der Waals surface area contributed by atoms with Crippen LogP contribution in [-0.2, 0) is 19.7 Å². The van der Waals surface area contributed by atoms with E-state index in [0.717, 1.165) is 22.5 Å². The van der Waals surface area contributed by atoms with Crippen LogP contribution in [-0.4, -0.2) is 39.3 Å². The Morgan fingerprint density at radius 2 is 0.946 bits per heavy atom. The van der Waals surface area contributed by atoms with Gasteiger partial charge in [-0.2, -0.15) is 0 Å². The van der Waals surface area contributed by atoms with E-state index in [9.17, 15) is 16.8 Å². The van der Waals surface area contributed by atoms with Gasteiger partial charge >= 0.3 is 0 Å². The molecule has 0 aliphatic rings. The van der Waals surface area contributed by atoms with Crippen LogP contribution >= 0.6 is 0 Å². The molecule has 2 aromatic carbocycles. The van der Waals surface area contributed by atoms with E-state index in [-0.39, 0.29) is 21.6 Å². The second-order valence-corrected chi connectivity index (χ2v) is 13.1. The van der Waals surface area contributed by atoms with Crippen molar-refractivity contribution < 1.29 is 21.3 Å². The highest BCUT2D eigenvalue weighted by atomic mass is 32.2. The Kier molecular flexibility index (Phi) is 6.43. The van der Waals surface area contributed by atoms with Gasteiger partial charge in [0.25, 0.3) is 0 Å². The molecule has 7 nitrogen and oxygen atoms in total. The molecule has 2 atom stereocenters. The zero-order chi connectivity index (χ0) is 26.2. The Hall–Kier alpha value is -3.82. The van der Waals surface area contributed by atoms with Gasteiger partial charge in [0.2, 0.25) is 0 Å². The molecule has 0 aliphatic carbocycles. The Labute approximate surface area is 216 Å². The first-order valence-electron chi connectivity index (χ1n) is 11.6. The largest absolute Gasteiger partial charge is 0.464 e. The number of aromatic nitrogens is 2. The van der Waals surface area contributed by atoms with Crippen molar-refractivity contribution in [2.75, 3.05) is 12.5 Å². The summed E-state index contributed by atoms with van der Waals surface area (Å²) in [5, 5.41) is 0. The number of rotatable bonds is 8. The van der Waals surface area contributed by atoms with Crippen LogP contribution in [0.1, 0.15) is 45.9 Å². The first kappa shape index (κ1) is 24.9. The van der Waals surface area contributed by atoms with Crippen LogP contribution in [0.15, 0.2) is 112 Å². The van der Waals surface area contributed by atoms with Gasteiger partial charge in [0.1, 0.15) is 11.5 Å². The number of H-pyrrole nitrogens is 2. The predicted octanol–water partition coefficient (Wildman–Crippen LogP) is 5.10. The average molecular weight is 535 g/mol. The second kappa shape index (κ2) is 9.57. The van der Waals surface area contributed by atoms with E-state index < -0.39 is 19.7 Å². The molecule has 37 heavy (non-hydrogen) atoms. The van der Waals surface area contributed by atoms with Gasteiger partial charge in [-0.25, -0.2) is 16.8 Å². The zero-order valence-electron chi connectivity index (χ0n) is 20.3. The number of benzene rings is 2. The van der Waals surface area contributed by atoms with E-state index in [1.807, 2.05) is 48.8 Å². The van der Waals surface area contributed by atoms with Gasteiger partial charge in [0.05, 0.1) is 21.6 Å². The van der Waals surface area contributed by atoms with Gasteiger partial charge in [0.15, 0.2) is 19.7 Å². The zero-order valence-corrected chi connectivity index (χ0v) is 21.9. The van der Waals surface area contributed by atoms with E-state index in [1.54, 1.807) is 48.5 Å². The maximum Gasteiger partial charge on any atom is 0.175 e. The van der Waals surface area contributed by atoms with Gasteiger partial charge in [-0.3, -0.25) is 0 Å². The normalized spacial score (nSPS) is 13.9. The molecule has 0 bridgehead atoms. The summed E-state index contributed by atoms with van der Waals surface area (Å²) < 4.78 is 54.3. The Morgan fingerprint density at radius 1 is 0.568 bits per heavy atom. The van der Waals surface area contributed by atoms with E-state index >= 15 is 0 Å². The Morgan fingerprint density at radius 3 is 1.24 bits per heavy atom. The SMILES string of the molecule is CS(=O)(=O)c1ccc(C(c2ccc[nH]2)c2ccc(C(c3ccc(S(C)(=O)=O)cc3)c3ccc[nH]3)o2)cc1.